The molecule has 124 valence electrons. The summed E-state index contributed by atoms with van der Waals surface area (Å²) in [6, 6.07) is 7.98. The first-order valence-corrected chi connectivity index (χ1v) is 8.54. The number of ether oxygens (including phenoxy) is 2. The van der Waals surface area contributed by atoms with E-state index < -0.39 is 0 Å². The molecule has 2 rings (SSSR count). The Morgan fingerprint density at radius 3 is 1.95 bits per heavy atom. The summed E-state index contributed by atoms with van der Waals surface area (Å²) in [5.41, 5.74) is 0. The summed E-state index contributed by atoms with van der Waals surface area (Å²) in [6.07, 6.45) is 3.34. The van der Waals surface area contributed by atoms with E-state index in [9.17, 15) is 0 Å². The first kappa shape index (κ1) is 17.1. The van der Waals surface area contributed by atoms with Gasteiger partial charge in [-0.1, -0.05) is 13.3 Å². The maximum atomic E-state index is 5.81. The number of nitrogens with zero attached hydrogens (tertiary/aromatic N) is 2. The summed E-state index contributed by atoms with van der Waals surface area (Å²) in [7, 11) is 2.19. The van der Waals surface area contributed by atoms with E-state index in [-0.39, 0.29) is 0 Å². The molecular formula is C18H30N2O2. The Bertz CT molecular complexity index is 400. The van der Waals surface area contributed by atoms with Gasteiger partial charge in [0.15, 0.2) is 0 Å². The minimum atomic E-state index is 0.780. The van der Waals surface area contributed by atoms with Gasteiger partial charge in [0.2, 0.25) is 0 Å². The summed E-state index contributed by atoms with van der Waals surface area (Å²) in [5, 5.41) is 0. The van der Waals surface area contributed by atoms with Crippen molar-refractivity contribution in [1.82, 2.24) is 9.80 Å². The van der Waals surface area contributed by atoms with Crippen LogP contribution in [0, 0.1) is 0 Å². The topological polar surface area (TPSA) is 24.9 Å². The lowest BCUT2D eigenvalue weighted by molar-refractivity contribution is 0.145. The van der Waals surface area contributed by atoms with Crippen molar-refractivity contribution in [1.29, 1.82) is 0 Å². The van der Waals surface area contributed by atoms with Gasteiger partial charge in [-0.05, 0) is 44.2 Å². The lowest BCUT2D eigenvalue weighted by Crippen LogP contribution is -2.44. The Morgan fingerprint density at radius 2 is 1.41 bits per heavy atom. The highest BCUT2D eigenvalue weighted by molar-refractivity contribution is 5.31. The fourth-order valence-electron chi connectivity index (χ4n) is 2.52. The second kappa shape index (κ2) is 9.70. The van der Waals surface area contributed by atoms with Gasteiger partial charge in [0.1, 0.15) is 11.5 Å². The summed E-state index contributed by atoms with van der Waals surface area (Å²) < 4.78 is 11.5. The number of unbranched alkanes of at least 4 members (excludes halogenated alkanes) is 1. The lowest BCUT2D eigenvalue weighted by atomic mass is 10.3. The molecule has 0 atom stereocenters. The molecule has 0 spiro atoms. The Balaban J connectivity index is 1.58. The molecule has 1 aromatic rings. The summed E-state index contributed by atoms with van der Waals surface area (Å²) in [5.74, 6) is 1.86. The van der Waals surface area contributed by atoms with Crippen LogP contribution in [0.4, 0.5) is 0 Å². The Hall–Kier alpha value is -1.26. The zero-order chi connectivity index (χ0) is 15.6. The van der Waals surface area contributed by atoms with Crippen molar-refractivity contribution in [2.45, 2.75) is 26.2 Å². The van der Waals surface area contributed by atoms with Crippen LogP contribution in [0.1, 0.15) is 26.2 Å². The smallest absolute Gasteiger partial charge is 0.119 e. The van der Waals surface area contributed by atoms with Crippen LogP contribution in [0.5, 0.6) is 11.5 Å². The summed E-state index contributed by atoms with van der Waals surface area (Å²) in [6.45, 7) is 9.60. The van der Waals surface area contributed by atoms with Gasteiger partial charge < -0.3 is 19.3 Å². The van der Waals surface area contributed by atoms with E-state index in [1.54, 1.807) is 0 Å². The van der Waals surface area contributed by atoms with E-state index >= 15 is 0 Å². The van der Waals surface area contributed by atoms with Crippen molar-refractivity contribution in [3.05, 3.63) is 24.3 Å². The quantitative estimate of drug-likeness (QED) is 0.655. The molecular weight excluding hydrogens is 276 g/mol. The molecule has 0 unspecified atom stereocenters. The molecule has 1 saturated heterocycles. The highest BCUT2D eigenvalue weighted by Crippen LogP contribution is 2.18. The van der Waals surface area contributed by atoms with Crippen LogP contribution in [0.3, 0.4) is 0 Å². The van der Waals surface area contributed by atoms with Crippen LogP contribution in [-0.4, -0.2) is 62.8 Å². The predicted molar refractivity (Wildman–Crippen MR) is 90.9 cm³/mol. The molecule has 0 aliphatic carbocycles. The Labute approximate surface area is 135 Å². The molecule has 0 amide bonds. The number of rotatable bonds is 9. The third-order valence-corrected chi connectivity index (χ3v) is 4.07. The maximum Gasteiger partial charge on any atom is 0.119 e. The standard InChI is InChI=1S/C18H30N2O2/c1-3-4-15-21-17-6-8-18(9-7-17)22-16-5-10-20-13-11-19(2)12-14-20/h6-9H,3-5,10-16H2,1-2H3. The summed E-state index contributed by atoms with van der Waals surface area (Å²) >= 11 is 0. The van der Waals surface area contributed by atoms with Crippen molar-refractivity contribution < 1.29 is 9.47 Å². The van der Waals surface area contributed by atoms with Crippen molar-refractivity contribution in [3.8, 4) is 11.5 Å². The van der Waals surface area contributed by atoms with Gasteiger partial charge >= 0.3 is 0 Å². The van der Waals surface area contributed by atoms with Gasteiger partial charge in [-0.25, -0.2) is 0 Å². The average molecular weight is 306 g/mol. The zero-order valence-corrected chi connectivity index (χ0v) is 14.1. The van der Waals surface area contributed by atoms with E-state index in [0.29, 0.717) is 0 Å². The van der Waals surface area contributed by atoms with Crippen LogP contribution in [0.15, 0.2) is 24.3 Å². The minimum Gasteiger partial charge on any atom is -0.494 e. The molecule has 1 aliphatic heterocycles. The van der Waals surface area contributed by atoms with Gasteiger partial charge in [0.25, 0.3) is 0 Å². The molecule has 4 nitrogen and oxygen atoms in total. The maximum absolute atomic E-state index is 5.81. The molecule has 1 fully saturated rings. The number of hydrogen-bond acceptors (Lipinski definition) is 4. The number of benzene rings is 1. The third-order valence-electron chi connectivity index (χ3n) is 4.07. The van der Waals surface area contributed by atoms with Gasteiger partial charge in [0.05, 0.1) is 13.2 Å². The summed E-state index contributed by atoms with van der Waals surface area (Å²) in [4.78, 5) is 4.91. The monoisotopic (exact) mass is 306 g/mol. The SMILES string of the molecule is CCCCOc1ccc(OCCCN2CCN(C)CC2)cc1. The van der Waals surface area contributed by atoms with Crippen LogP contribution in [0.25, 0.3) is 0 Å². The van der Waals surface area contributed by atoms with Crippen molar-refractivity contribution in [3.63, 3.8) is 0 Å². The highest BCUT2D eigenvalue weighted by atomic mass is 16.5. The molecule has 0 radical (unpaired) electrons. The number of likely N-dealkylation sites (N-methyl/N-ethyl adjacent to an activating group) is 1. The van der Waals surface area contributed by atoms with Crippen LogP contribution in [0.2, 0.25) is 0 Å². The highest BCUT2D eigenvalue weighted by Gasteiger charge is 2.12. The Kier molecular flexibility index (Phi) is 7.54. The average Bonchev–Trinajstić information content (AvgIpc) is 2.55. The largest absolute Gasteiger partial charge is 0.494 e. The first-order chi connectivity index (χ1) is 10.8. The molecule has 0 aromatic heterocycles. The molecule has 0 bridgehead atoms. The van der Waals surface area contributed by atoms with Crippen molar-refractivity contribution in [2.24, 2.45) is 0 Å². The van der Waals surface area contributed by atoms with Crippen molar-refractivity contribution >= 4 is 0 Å². The molecule has 1 aliphatic rings. The third kappa shape index (κ3) is 6.24. The van der Waals surface area contributed by atoms with E-state index in [1.165, 1.54) is 26.2 Å². The first-order valence-electron chi connectivity index (χ1n) is 8.54. The van der Waals surface area contributed by atoms with Crippen LogP contribution >= 0.6 is 0 Å². The van der Waals surface area contributed by atoms with Gasteiger partial charge in [-0.2, -0.15) is 0 Å². The van der Waals surface area contributed by atoms with Crippen molar-refractivity contribution in [2.75, 3.05) is 53.0 Å². The second-order valence-corrected chi connectivity index (χ2v) is 6.02. The Morgan fingerprint density at radius 1 is 0.864 bits per heavy atom. The molecule has 22 heavy (non-hydrogen) atoms. The minimum absolute atomic E-state index is 0.780. The lowest BCUT2D eigenvalue weighted by Gasteiger charge is -2.32. The number of hydrogen-bond donors (Lipinski definition) is 0. The van der Waals surface area contributed by atoms with E-state index in [4.69, 9.17) is 9.47 Å². The normalized spacial score (nSPS) is 16.6. The van der Waals surface area contributed by atoms with E-state index in [1.807, 2.05) is 24.3 Å². The molecule has 1 heterocycles. The molecule has 0 N–H and O–H groups in total. The number of piperazine rings is 1. The van der Waals surface area contributed by atoms with E-state index in [2.05, 4.69) is 23.8 Å². The molecule has 1 aromatic carbocycles. The molecule has 4 heteroatoms. The van der Waals surface area contributed by atoms with Gasteiger partial charge in [-0.15, -0.1) is 0 Å². The van der Waals surface area contributed by atoms with Crippen LogP contribution in [-0.2, 0) is 0 Å². The predicted octanol–water partition coefficient (Wildman–Crippen LogP) is 2.88. The van der Waals surface area contributed by atoms with Crippen LogP contribution < -0.4 is 9.47 Å². The zero-order valence-electron chi connectivity index (χ0n) is 14.1. The second-order valence-electron chi connectivity index (χ2n) is 6.02. The van der Waals surface area contributed by atoms with E-state index in [0.717, 1.165) is 50.5 Å². The fraction of sp³-hybridized carbons (Fsp3) is 0.667. The fourth-order valence-corrected chi connectivity index (χ4v) is 2.52. The van der Waals surface area contributed by atoms with Gasteiger partial charge in [0, 0.05) is 32.7 Å². The molecule has 0 saturated carbocycles. The van der Waals surface area contributed by atoms with Gasteiger partial charge in [-0.3, -0.25) is 0 Å².